The Bertz CT molecular complexity index is 1100. The van der Waals surface area contributed by atoms with Crippen LogP contribution in [0.3, 0.4) is 0 Å². The lowest BCUT2D eigenvalue weighted by Gasteiger charge is -2.14. The van der Waals surface area contributed by atoms with E-state index in [1.807, 2.05) is 42.2 Å². The van der Waals surface area contributed by atoms with E-state index in [4.69, 9.17) is 0 Å². The summed E-state index contributed by atoms with van der Waals surface area (Å²) in [5, 5.41) is 9.11. The maximum absolute atomic E-state index is 13.0. The van der Waals surface area contributed by atoms with Crippen LogP contribution >= 0.6 is 23.1 Å². The number of carbonyl (C=O) groups is 2. The van der Waals surface area contributed by atoms with Gasteiger partial charge >= 0.3 is 6.03 Å². The van der Waals surface area contributed by atoms with E-state index in [9.17, 15) is 9.59 Å². The molecule has 1 aromatic carbocycles. The molecule has 2 amide bonds. The number of imidazole rings is 1. The van der Waals surface area contributed by atoms with Gasteiger partial charge in [-0.2, -0.15) is 0 Å². The lowest BCUT2D eigenvalue weighted by Crippen LogP contribution is -2.22. The number of aryl methyl sites for hydroxylation is 3. The fourth-order valence-electron chi connectivity index (χ4n) is 3.85. The molecule has 0 saturated heterocycles. The molecule has 0 aliphatic heterocycles. The van der Waals surface area contributed by atoms with E-state index in [0.29, 0.717) is 16.4 Å². The van der Waals surface area contributed by atoms with Crippen LogP contribution in [0, 0.1) is 12.8 Å². The highest BCUT2D eigenvalue weighted by Crippen LogP contribution is 2.31. The van der Waals surface area contributed by atoms with Crippen molar-refractivity contribution in [1.29, 1.82) is 0 Å². The molecule has 1 saturated carbocycles. The number of nitrogens with zero attached hydrogens (tertiary/aromatic N) is 3. The second-order valence-electron chi connectivity index (χ2n) is 8.04. The molecule has 3 aromatic rings. The molecule has 0 atom stereocenters. The zero-order valence-electron chi connectivity index (χ0n) is 18.3. The van der Waals surface area contributed by atoms with Crippen LogP contribution in [0.15, 0.2) is 41.1 Å². The second-order valence-corrected chi connectivity index (χ2v) is 9.96. The molecule has 2 N–H and O–H groups in total. The van der Waals surface area contributed by atoms with Gasteiger partial charge in [0, 0.05) is 48.5 Å². The molecule has 0 bridgehead atoms. The van der Waals surface area contributed by atoms with Gasteiger partial charge < -0.3 is 9.88 Å². The van der Waals surface area contributed by atoms with Crippen molar-refractivity contribution in [3.8, 4) is 0 Å². The molecule has 168 valence electrons. The van der Waals surface area contributed by atoms with E-state index in [1.54, 1.807) is 24.0 Å². The number of rotatable bonds is 8. The maximum Gasteiger partial charge on any atom is 0.325 e. The number of thiazole rings is 1. The Morgan fingerprint density at radius 1 is 1.25 bits per heavy atom. The average molecular weight is 470 g/mol. The Morgan fingerprint density at radius 3 is 2.81 bits per heavy atom. The molecule has 2 heterocycles. The highest BCUT2D eigenvalue weighted by atomic mass is 32.2. The minimum absolute atomic E-state index is 0.0607. The number of Topliss-reactive ketones (excluding diaryl/α,β-unsaturated/α-hetero) is 1. The number of urea groups is 1. The van der Waals surface area contributed by atoms with Gasteiger partial charge in [-0.05, 0) is 31.9 Å². The first-order chi connectivity index (χ1) is 15.5. The molecule has 4 rings (SSSR count). The lowest BCUT2D eigenvalue weighted by molar-refractivity contribution is 0.0923. The molecule has 0 unspecified atom stereocenters. The standard InChI is InChI=1S/C23H27N5O2S2/c1-15-7-8-19(18(13-15)20(29)16-5-3-4-6-16)26-21(30)27-22-25-17(14-32-22)9-12-31-23-24-10-11-28(23)2/h7-8,10-11,13-14,16H,3-6,9,12H2,1-2H3,(H2,25,26,27,30). The third-order valence-corrected chi connectivity index (χ3v) is 7.42. The fourth-order valence-corrected chi connectivity index (χ4v) is 5.48. The zero-order valence-corrected chi connectivity index (χ0v) is 19.9. The highest BCUT2D eigenvalue weighted by Gasteiger charge is 2.26. The summed E-state index contributed by atoms with van der Waals surface area (Å²) in [7, 11) is 1.97. The lowest BCUT2D eigenvalue weighted by atomic mass is 9.94. The molecule has 32 heavy (non-hydrogen) atoms. The third-order valence-electron chi connectivity index (χ3n) is 5.55. The van der Waals surface area contributed by atoms with Gasteiger partial charge in [-0.1, -0.05) is 36.2 Å². The van der Waals surface area contributed by atoms with Gasteiger partial charge in [0.15, 0.2) is 16.1 Å². The first-order valence-electron chi connectivity index (χ1n) is 10.8. The molecule has 0 spiro atoms. The maximum atomic E-state index is 13.0. The molecule has 1 aliphatic carbocycles. The summed E-state index contributed by atoms with van der Waals surface area (Å²) >= 11 is 3.07. The Morgan fingerprint density at radius 2 is 2.06 bits per heavy atom. The Labute approximate surface area is 196 Å². The topological polar surface area (TPSA) is 88.9 Å². The van der Waals surface area contributed by atoms with E-state index in [1.165, 1.54) is 11.3 Å². The van der Waals surface area contributed by atoms with E-state index in [0.717, 1.165) is 54.3 Å². The molecular weight excluding hydrogens is 442 g/mol. The SMILES string of the molecule is Cc1ccc(NC(=O)Nc2nc(CCSc3nccn3C)cs2)c(C(=O)C2CCCC2)c1. The first kappa shape index (κ1) is 22.5. The molecular formula is C23H27N5O2S2. The Kier molecular flexibility index (Phi) is 7.26. The summed E-state index contributed by atoms with van der Waals surface area (Å²) in [5.74, 6) is 1.05. The van der Waals surface area contributed by atoms with Crippen LogP contribution in [-0.4, -0.2) is 32.1 Å². The number of amides is 2. The van der Waals surface area contributed by atoms with Gasteiger partial charge in [0.25, 0.3) is 0 Å². The number of ketones is 1. The van der Waals surface area contributed by atoms with Crippen LogP contribution in [0.2, 0.25) is 0 Å². The van der Waals surface area contributed by atoms with Gasteiger partial charge in [-0.3, -0.25) is 10.1 Å². The Balaban J connectivity index is 1.34. The number of hydrogen-bond donors (Lipinski definition) is 2. The minimum atomic E-state index is -0.391. The van der Waals surface area contributed by atoms with Gasteiger partial charge in [0.05, 0.1) is 11.4 Å². The third kappa shape index (κ3) is 5.58. The largest absolute Gasteiger partial charge is 0.329 e. The van der Waals surface area contributed by atoms with Crippen LogP contribution in [0.25, 0.3) is 0 Å². The number of benzene rings is 1. The fraction of sp³-hybridized carbons (Fsp3) is 0.391. The van der Waals surface area contributed by atoms with Gasteiger partial charge in [-0.15, -0.1) is 11.3 Å². The van der Waals surface area contributed by atoms with Crippen LogP contribution < -0.4 is 10.6 Å². The van der Waals surface area contributed by atoms with Gasteiger partial charge in [0.1, 0.15) is 0 Å². The summed E-state index contributed by atoms with van der Waals surface area (Å²) in [6.07, 6.45) is 8.54. The van der Waals surface area contributed by atoms with Crippen LogP contribution in [0.1, 0.15) is 47.3 Å². The smallest absolute Gasteiger partial charge is 0.325 e. The second kappa shape index (κ2) is 10.3. The molecule has 9 heteroatoms. The van der Waals surface area contributed by atoms with Crippen molar-refractivity contribution in [3.63, 3.8) is 0 Å². The van der Waals surface area contributed by atoms with Crippen molar-refractivity contribution in [3.05, 3.63) is 52.8 Å². The van der Waals surface area contributed by atoms with E-state index >= 15 is 0 Å². The monoisotopic (exact) mass is 469 g/mol. The number of carbonyl (C=O) groups excluding carboxylic acids is 2. The number of thioether (sulfide) groups is 1. The van der Waals surface area contributed by atoms with Crippen molar-refractivity contribution in [2.45, 2.75) is 44.2 Å². The van der Waals surface area contributed by atoms with E-state index < -0.39 is 6.03 Å². The van der Waals surface area contributed by atoms with Crippen LogP contribution in [0.4, 0.5) is 15.6 Å². The first-order valence-corrected chi connectivity index (χ1v) is 12.6. The van der Waals surface area contributed by atoms with Gasteiger partial charge in [-0.25, -0.2) is 14.8 Å². The van der Waals surface area contributed by atoms with Crippen LogP contribution in [-0.2, 0) is 13.5 Å². The quantitative estimate of drug-likeness (QED) is 0.334. The summed E-state index contributed by atoms with van der Waals surface area (Å²) in [6.45, 7) is 1.96. The van der Waals surface area contributed by atoms with Crippen molar-refractivity contribution < 1.29 is 9.59 Å². The normalized spacial score (nSPS) is 13.9. The number of nitrogens with one attached hydrogen (secondary N) is 2. The van der Waals surface area contributed by atoms with Crippen LogP contribution in [0.5, 0.6) is 0 Å². The van der Waals surface area contributed by atoms with Crippen molar-refractivity contribution in [2.75, 3.05) is 16.4 Å². The van der Waals surface area contributed by atoms with E-state index in [2.05, 4.69) is 20.6 Å². The van der Waals surface area contributed by atoms with Crippen molar-refractivity contribution in [2.24, 2.45) is 13.0 Å². The molecule has 2 aromatic heterocycles. The number of aromatic nitrogens is 3. The highest BCUT2D eigenvalue weighted by molar-refractivity contribution is 7.99. The Hall–Kier alpha value is -2.65. The molecule has 1 fully saturated rings. The zero-order chi connectivity index (χ0) is 22.5. The summed E-state index contributed by atoms with van der Waals surface area (Å²) in [4.78, 5) is 34.4. The minimum Gasteiger partial charge on any atom is -0.329 e. The molecule has 0 radical (unpaired) electrons. The predicted molar refractivity (Wildman–Crippen MR) is 130 cm³/mol. The number of anilines is 2. The summed E-state index contributed by atoms with van der Waals surface area (Å²) < 4.78 is 1.99. The summed E-state index contributed by atoms with van der Waals surface area (Å²) in [5.41, 5.74) is 3.08. The molecule has 1 aliphatic rings. The van der Waals surface area contributed by atoms with Crippen molar-refractivity contribution in [1.82, 2.24) is 14.5 Å². The number of hydrogen-bond acceptors (Lipinski definition) is 6. The summed E-state index contributed by atoms with van der Waals surface area (Å²) in [6, 6.07) is 5.19. The molecule has 7 nitrogen and oxygen atoms in total. The van der Waals surface area contributed by atoms with Gasteiger partial charge in [0.2, 0.25) is 0 Å². The van der Waals surface area contributed by atoms with Crippen molar-refractivity contribution >= 4 is 45.7 Å². The average Bonchev–Trinajstić information content (AvgIpc) is 3.52. The van der Waals surface area contributed by atoms with E-state index in [-0.39, 0.29) is 11.7 Å². The predicted octanol–water partition coefficient (Wildman–Crippen LogP) is 5.54.